The van der Waals surface area contributed by atoms with Gasteiger partial charge in [-0.1, -0.05) is 12.1 Å². The van der Waals surface area contributed by atoms with Crippen LogP contribution in [0.15, 0.2) is 46.7 Å². The Morgan fingerprint density at radius 3 is 2.91 bits per heavy atom. The molecular formula is C22H27N3O5S3. The number of nitrogens with one attached hydrogen (secondary N) is 3. The van der Waals surface area contributed by atoms with Gasteiger partial charge in [-0.05, 0) is 66.7 Å². The molecule has 0 bridgehead atoms. The maximum Gasteiger partial charge on any atom is 0.267 e. The Labute approximate surface area is 203 Å². The number of thiocarbonyl (C=S) groups is 1. The first kappa shape index (κ1) is 25.2. The zero-order chi connectivity index (χ0) is 23.7. The third-order valence-electron chi connectivity index (χ3n) is 4.86. The molecule has 33 heavy (non-hydrogen) atoms. The van der Waals surface area contributed by atoms with Crippen molar-refractivity contribution in [3.05, 3.63) is 52.2 Å². The van der Waals surface area contributed by atoms with Crippen molar-refractivity contribution in [1.29, 1.82) is 0 Å². The number of ether oxygens (including phenoxy) is 2. The predicted octanol–water partition coefficient (Wildman–Crippen LogP) is 2.46. The molecule has 0 radical (unpaired) electrons. The molecule has 1 atom stereocenters. The van der Waals surface area contributed by atoms with Gasteiger partial charge in [0.2, 0.25) is 5.91 Å². The molecule has 1 unspecified atom stereocenters. The van der Waals surface area contributed by atoms with E-state index in [0.29, 0.717) is 19.6 Å². The summed E-state index contributed by atoms with van der Waals surface area (Å²) in [5, 5.41) is 7.32. The molecule has 3 rings (SSSR count). The van der Waals surface area contributed by atoms with Crippen LogP contribution in [0.25, 0.3) is 6.08 Å². The number of rotatable bonds is 10. The molecule has 0 spiro atoms. The number of sulfonamides is 1. The molecule has 1 fully saturated rings. The van der Waals surface area contributed by atoms with Crippen LogP contribution in [-0.4, -0.2) is 52.3 Å². The molecule has 2 aromatic rings. The quantitative estimate of drug-likeness (QED) is 0.334. The van der Waals surface area contributed by atoms with E-state index in [-0.39, 0.29) is 34.4 Å². The zero-order valence-electron chi connectivity index (χ0n) is 18.2. The Hall–Kier alpha value is -2.47. The summed E-state index contributed by atoms with van der Waals surface area (Å²) < 4.78 is 39.5. The Balaban J connectivity index is 1.67. The largest absolute Gasteiger partial charge is 0.489 e. The number of hydrogen-bond donors (Lipinski definition) is 3. The lowest BCUT2D eigenvalue weighted by Crippen LogP contribution is -2.37. The minimum atomic E-state index is -3.96. The smallest absolute Gasteiger partial charge is 0.267 e. The zero-order valence-corrected chi connectivity index (χ0v) is 20.7. The minimum absolute atomic E-state index is 0.0143. The van der Waals surface area contributed by atoms with Crippen molar-refractivity contribution >= 4 is 50.7 Å². The summed E-state index contributed by atoms with van der Waals surface area (Å²) in [5.74, 6) is 0.0115. The maximum atomic E-state index is 12.9. The monoisotopic (exact) mass is 509 g/mol. The van der Waals surface area contributed by atoms with Crippen molar-refractivity contribution < 1.29 is 22.7 Å². The molecule has 1 amide bonds. The predicted molar refractivity (Wildman–Crippen MR) is 133 cm³/mol. The second kappa shape index (κ2) is 12.1. The van der Waals surface area contributed by atoms with E-state index in [1.54, 1.807) is 35.6 Å². The fraction of sp³-hybridized carbons (Fsp3) is 0.364. The van der Waals surface area contributed by atoms with Crippen molar-refractivity contribution in [2.75, 3.05) is 26.8 Å². The first-order valence-electron chi connectivity index (χ1n) is 10.5. The van der Waals surface area contributed by atoms with Crippen LogP contribution in [0.1, 0.15) is 23.3 Å². The van der Waals surface area contributed by atoms with E-state index in [2.05, 4.69) is 15.4 Å². The molecule has 1 saturated heterocycles. The van der Waals surface area contributed by atoms with E-state index in [0.717, 1.165) is 23.3 Å². The summed E-state index contributed by atoms with van der Waals surface area (Å²) in [6.45, 7) is 1.31. The van der Waals surface area contributed by atoms with Crippen LogP contribution in [0, 0.1) is 0 Å². The summed E-state index contributed by atoms with van der Waals surface area (Å²) >= 11 is 6.51. The highest BCUT2D eigenvalue weighted by Gasteiger charge is 2.23. The molecule has 1 aromatic carbocycles. The van der Waals surface area contributed by atoms with Gasteiger partial charge in [0, 0.05) is 31.2 Å². The minimum Gasteiger partial charge on any atom is -0.489 e. The fourth-order valence-corrected chi connectivity index (χ4v) is 5.26. The van der Waals surface area contributed by atoms with Gasteiger partial charge in [0.1, 0.15) is 17.3 Å². The van der Waals surface area contributed by atoms with E-state index < -0.39 is 10.0 Å². The van der Waals surface area contributed by atoms with Crippen molar-refractivity contribution in [3.63, 3.8) is 0 Å². The molecule has 1 aromatic heterocycles. The summed E-state index contributed by atoms with van der Waals surface area (Å²) in [6, 6.07) is 8.79. The number of carbonyl (C=O) groups is 1. The van der Waals surface area contributed by atoms with Crippen LogP contribution in [0.5, 0.6) is 5.75 Å². The first-order valence-corrected chi connectivity index (χ1v) is 13.3. The molecule has 1 aliphatic rings. The van der Waals surface area contributed by atoms with Gasteiger partial charge in [-0.25, -0.2) is 8.42 Å². The number of benzene rings is 1. The van der Waals surface area contributed by atoms with Gasteiger partial charge in [0.05, 0.1) is 6.10 Å². The van der Waals surface area contributed by atoms with Crippen LogP contribution >= 0.6 is 23.6 Å². The fourth-order valence-electron chi connectivity index (χ4n) is 3.16. The Bertz CT molecular complexity index is 1080. The summed E-state index contributed by atoms with van der Waals surface area (Å²) in [7, 11) is -2.43. The van der Waals surface area contributed by atoms with E-state index in [1.165, 1.54) is 13.1 Å². The first-order chi connectivity index (χ1) is 15.9. The second-order valence-corrected chi connectivity index (χ2v) is 10.3. The van der Waals surface area contributed by atoms with Gasteiger partial charge in [-0.15, -0.1) is 11.3 Å². The van der Waals surface area contributed by atoms with Crippen molar-refractivity contribution in [3.8, 4) is 5.75 Å². The molecular weight excluding hydrogens is 482 g/mol. The van der Waals surface area contributed by atoms with Crippen LogP contribution in [0.4, 0.5) is 0 Å². The number of carbonyl (C=O) groups excluding carboxylic acids is 1. The van der Waals surface area contributed by atoms with E-state index in [9.17, 15) is 13.2 Å². The third-order valence-corrected chi connectivity index (χ3v) is 7.50. The van der Waals surface area contributed by atoms with Gasteiger partial charge in [-0.2, -0.15) is 0 Å². The highest BCUT2D eigenvalue weighted by atomic mass is 32.2. The average Bonchev–Trinajstić information content (AvgIpc) is 3.50. The van der Waals surface area contributed by atoms with Crippen LogP contribution in [0.3, 0.4) is 0 Å². The van der Waals surface area contributed by atoms with Crippen LogP contribution in [-0.2, 0) is 26.0 Å². The Morgan fingerprint density at radius 1 is 1.36 bits per heavy atom. The number of thiophene rings is 1. The Kier molecular flexibility index (Phi) is 9.24. The SMILES string of the molecule is CNC(=S)NS(=O)(=O)c1cc(CCNC(=O)/C=C/c2cccs2)ccc1OCC1CCCO1. The lowest BCUT2D eigenvalue weighted by molar-refractivity contribution is -0.116. The van der Waals surface area contributed by atoms with E-state index in [1.807, 2.05) is 17.5 Å². The van der Waals surface area contributed by atoms with Gasteiger partial charge in [-0.3, -0.25) is 9.52 Å². The molecule has 8 nitrogen and oxygen atoms in total. The highest BCUT2D eigenvalue weighted by molar-refractivity contribution is 7.92. The molecule has 0 aliphatic carbocycles. The van der Waals surface area contributed by atoms with Crippen molar-refractivity contribution in [2.45, 2.75) is 30.3 Å². The normalized spacial score (nSPS) is 16.0. The van der Waals surface area contributed by atoms with Gasteiger partial charge in [0.15, 0.2) is 5.11 Å². The molecule has 2 heterocycles. The van der Waals surface area contributed by atoms with E-state index in [4.69, 9.17) is 21.7 Å². The molecule has 178 valence electrons. The Morgan fingerprint density at radius 2 is 2.21 bits per heavy atom. The average molecular weight is 510 g/mol. The van der Waals surface area contributed by atoms with Crippen molar-refractivity contribution in [1.82, 2.24) is 15.4 Å². The number of amides is 1. The van der Waals surface area contributed by atoms with E-state index >= 15 is 0 Å². The maximum absolute atomic E-state index is 12.9. The topological polar surface area (TPSA) is 106 Å². The molecule has 11 heteroatoms. The number of hydrogen-bond acceptors (Lipinski definition) is 7. The standard InChI is InChI=1S/C22H27N3O5S3/c1-23-22(31)25-33(27,28)20-14-16(6-8-19(20)30-15-17-4-2-12-29-17)10-11-24-21(26)9-7-18-5-3-13-32-18/h3,5-9,13-14,17H,2,4,10-12,15H2,1H3,(H,24,26)(H2,23,25,31)/b9-7+. The molecule has 3 N–H and O–H groups in total. The van der Waals surface area contributed by atoms with Gasteiger partial charge >= 0.3 is 0 Å². The molecule has 1 aliphatic heterocycles. The van der Waals surface area contributed by atoms with Gasteiger partial charge in [0.25, 0.3) is 10.0 Å². The highest BCUT2D eigenvalue weighted by Crippen LogP contribution is 2.26. The summed E-state index contributed by atoms with van der Waals surface area (Å²) in [4.78, 5) is 13.0. The van der Waals surface area contributed by atoms with Crippen molar-refractivity contribution in [2.24, 2.45) is 0 Å². The summed E-state index contributed by atoms with van der Waals surface area (Å²) in [6.07, 6.45) is 5.47. The second-order valence-electron chi connectivity index (χ2n) is 7.30. The lowest BCUT2D eigenvalue weighted by atomic mass is 10.1. The van der Waals surface area contributed by atoms with Crippen LogP contribution in [0.2, 0.25) is 0 Å². The summed E-state index contributed by atoms with van der Waals surface area (Å²) in [5.41, 5.74) is 0.734. The third kappa shape index (κ3) is 7.81. The lowest BCUT2D eigenvalue weighted by Gasteiger charge is -2.17. The molecule has 0 saturated carbocycles. The van der Waals surface area contributed by atoms with Gasteiger partial charge < -0.3 is 20.1 Å². The van der Waals surface area contributed by atoms with Crippen LogP contribution < -0.4 is 20.1 Å².